The lowest BCUT2D eigenvalue weighted by molar-refractivity contribution is -0.121. The van der Waals surface area contributed by atoms with Gasteiger partial charge in [0.15, 0.2) is 11.5 Å². The van der Waals surface area contributed by atoms with Crippen LogP contribution >= 0.6 is 0 Å². The summed E-state index contributed by atoms with van der Waals surface area (Å²) in [7, 11) is 4.71. The average Bonchev–Trinajstić information content (AvgIpc) is 2.76. The Morgan fingerprint density at radius 2 is 1.72 bits per heavy atom. The van der Waals surface area contributed by atoms with Crippen molar-refractivity contribution in [2.24, 2.45) is 5.92 Å². The predicted octanol–water partition coefficient (Wildman–Crippen LogP) is 2.51. The van der Waals surface area contributed by atoms with E-state index in [1.165, 1.54) is 0 Å². The lowest BCUT2D eigenvalue weighted by atomic mass is 9.92. The van der Waals surface area contributed by atoms with Crippen LogP contribution in [0.25, 0.3) is 0 Å². The van der Waals surface area contributed by atoms with Crippen molar-refractivity contribution in [2.75, 3.05) is 54.2 Å². The summed E-state index contributed by atoms with van der Waals surface area (Å²) in [6.07, 6.45) is 2.41. The van der Waals surface area contributed by atoms with Gasteiger partial charge in [-0.3, -0.25) is 9.69 Å². The number of carbonyl (C=O) groups excluding carboxylic acids is 1. The second-order valence-corrected chi connectivity index (χ2v) is 7.27. The number of methoxy groups -OCH3 is 3. The standard InChI is InChI=1S/C22H36N2O5/c1-6-16(7-2)18(24-10-12-29-13-11-24)15-23-20(25)14-17-8-9-19(26-3)22(28-5)21(17)27-4/h8-9,16,18H,6-7,10-15H2,1-5H3,(H,23,25). The van der Waals surface area contributed by atoms with Crippen LogP contribution in [0.1, 0.15) is 32.3 Å². The Morgan fingerprint density at radius 3 is 2.28 bits per heavy atom. The number of hydrogen-bond donors (Lipinski definition) is 1. The molecule has 164 valence electrons. The zero-order chi connectivity index (χ0) is 21.2. The van der Waals surface area contributed by atoms with Gasteiger partial charge in [-0.05, 0) is 12.0 Å². The van der Waals surface area contributed by atoms with Crippen molar-refractivity contribution in [3.63, 3.8) is 0 Å². The molecule has 1 N–H and O–H groups in total. The Kier molecular flexibility index (Phi) is 9.54. The van der Waals surface area contributed by atoms with E-state index < -0.39 is 0 Å². The van der Waals surface area contributed by atoms with Crippen molar-refractivity contribution in [2.45, 2.75) is 39.2 Å². The van der Waals surface area contributed by atoms with E-state index in [2.05, 4.69) is 24.1 Å². The molecule has 1 amide bonds. The number of benzene rings is 1. The number of morpholine rings is 1. The number of nitrogens with zero attached hydrogens (tertiary/aromatic N) is 1. The maximum absolute atomic E-state index is 12.7. The Hall–Kier alpha value is -1.99. The highest BCUT2D eigenvalue weighted by Crippen LogP contribution is 2.39. The largest absolute Gasteiger partial charge is 0.493 e. The molecule has 29 heavy (non-hydrogen) atoms. The smallest absolute Gasteiger partial charge is 0.224 e. The van der Waals surface area contributed by atoms with Gasteiger partial charge in [0.05, 0.1) is 41.0 Å². The van der Waals surface area contributed by atoms with Crippen LogP contribution in [-0.2, 0) is 16.0 Å². The van der Waals surface area contributed by atoms with Crippen LogP contribution in [-0.4, -0.2) is 71.0 Å². The van der Waals surface area contributed by atoms with Crippen molar-refractivity contribution in [3.8, 4) is 17.2 Å². The van der Waals surface area contributed by atoms with Gasteiger partial charge in [0.1, 0.15) is 0 Å². The minimum absolute atomic E-state index is 0.0280. The summed E-state index contributed by atoms with van der Waals surface area (Å²) in [6, 6.07) is 3.97. The summed E-state index contributed by atoms with van der Waals surface area (Å²) >= 11 is 0. The van der Waals surface area contributed by atoms with Gasteiger partial charge >= 0.3 is 0 Å². The van der Waals surface area contributed by atoms with Crippen molar-refractivity contribution in [1.82, 2.24) is 10.2 Å². The fourth-order valence-electron chi connectivity index (χ4n) is 4.09. The zero-order valence-corrected chi connectivity index (χ0v) is 18.5. The van der Waals surface area contributed by atoms with E-state index >= 15 is 0 Å². The van der Waals surface area contributed by atoms with E-state index in [0.717, 1.165) is 44.7 Å². The number of carbonyl (C=O) groups is 1. The van der Waals surface area contributed by atoms with Crippen LogP contribution in [0.2, 0.25) is 0 Å². The molecule has 1 heterocycles. The fraction of sp³-hybridized carbons (Fsp3) is 0.682. The molecule has 0 saturated carbocycles. The summed E-state index contributed by atoms with van der Waals surface area (Å²) in [4.78, 5) is 15.2. The van der Waals surface area contributed by atoms with Crippen LogP contribution in [0.5, 0.6) is 17.2 Å². The van der Waals surface area contributed by atoms with Gasteiger partial charge in [0, 0.05) is 31.2 Å². The van der Waals surface area contributed by atoms with Crippen LogP contribution in [0, 0.1) is 5.92 Å². The number of nitrogens with one attached hydrogen (secondary N) is 1. The van der Waals surface area contributed by atoms with E-state index in [9.17, 15) is 4.79 Å². The van der Waals surface area contributed by atoms with Gasteiger partial charge in [-0.25, -0.2) is 0 Å². The molecule has 0 aliphatic carbocycles. The van der Waals surface area contributed by atoms with E-state index in [1.54, 1.807) is 27.4 Å². The molecule has 0 radical (unpaired) electrons. The third-order valence-electron chi connectivity index (χ3n) is 5.75. The van der Waals surface area contributed by atoms with Crippen LogP contribution in [0.15, 0.2) is 12.1 Å². The van der Waals surface area contributed by atoms with E-state index in [1.807, 2.05) is 6.07 Å². The van der Waals surface area contributed by atoms with Crippen molar-refractivity contribution >= 4 is 5.91 Å². The minimum atomic E-state index is -0.0280. The van der Waals surface area contributed by atoms with Crippen LogP contribution < -0.4 is 19.5 Å². The summed E-state index contributed by atoms with van der Waals surface area (Å²) in [5.41, 5.74) is 0.771. The maximum atomic E-state index is 12.7. The van der Waals surface area contributed by atoms with Crippen molar-refractivity contribution in [3.05, 3.63) is 17.7 Å². The molecule has 1 aromatic rings. The lowest BCUT2D eigenvalue weighted by Crippen LogP contribution is -2.52. The molecule has 1 aromatic carbocycles. The first-order chi connectivity index (χ1) is 14.1. The highest BCUT2D eigenvalue weighted by molar-refractivity contribution is 5.80. The highest BCUT2D eigenvalue weighted by Gasteiger charge is 2.27. The molecule has 1 atom stereocenters. The molecule has 7 nitrogen and oxygen atoms in total. The predicted molar refractivity (Wildman–Crippen MR) is 113 cm³/mol. The molecule has 0 aromatic heterocycles. The average molecular weight is 409 g/mol. The quantitative estimate of drug-likeness (QED) is 0.607. The third-order valence-corrected chi connectivity index (χ3v) is 5.75. The Bertz CT molecular complexity index is 642. The molecular weight excluding hydrogens is 372 g/mol. The first-order valence-corrected chi connectivity index (χ1v) is 10.5. The molecule has 7 heteroatoms. The zero-order valence-electron chi connectivity index (χ0n) is 18.5. The van der Waals surface area contributed by atoms with Gasteiger partial charge in [0.25, 0.3) is 0 Å². The molecular formula is C22H36N2O5. The second-order valence-electron chi connectivity index (χ2n) is 7.27. The molecule has 1 unspecified atom stereocenters. The van der Waals surface area contributed by atoms with Crippen molar-refractivity contribution < 1.29 is 23.7 Å². The first kappa shape index (κ1) is 23.3. The Morgan fingerprint density at radius 1 is 1.07 bits per heavy atom. The molecule has 1 aliphatic heterocycles. The first-order valence-electron chi connectivity index (χ1n) is 10.5. The van der Waals surface area contributed by atoms with Gasteiger partial charge in [-0.1, -0.05) is 32.8 Å². The topological polar surface area (TPSA) is 69.3 Å². The molecule has 1 fully saturated rings. The number of ether oxygens (including phenoxy) is 4. The maximum Gasteiger partial charge on any atom is 0.224 e. The van der Waals surface area contributed by atoms with Gasteiger partial charge in [-0.2, -0.15) is 0 Å². The summed E-state index contributed by atoms with van der Waals surface area (Å²) in [5, 5.41) is 3.15. The fourth-order valence-corrected chi connectivity index (χ4v) is 4.09. The van der Waals surface area contributed by atoms with Gasteiger partial charge in [-0.15, -0.1) is 0 Å². The normalized spacial score (nSPS) is 15.8. The Labute approximate surface area is 174 Å². The van der Waals surface area contributed by atoms with E-state index in [0.29, 0.717) is 35.8 Å². The van der Waals surface area contributed by atoms with Crippen LogP contribution in [0.3, 0.4) is 0 Å². The monoisotopic (exact) mass is 408 g/mol. The second kappa shape index (κ2) is 11.9. The Balaban J connectivity index is 2.06. The van der Waals surface area contributed by atoms with E-state index in [-0.39, 0.29) is 12.3 Å². The molecule has 1 saturated heterocycles. The van der Waals surface area contributed by atoms with Gasteiger partial charge in [0.2, 0.25) is 11.7 Å². The summed E-state index contributed by atoms with van der Waals surface area (Å²) in [5.74, 6) is 2.13. The van der Waals surface area contributed by atoms with Crippen molar-refractivity contribution in [1.29, 1.82) is 0 Å². The minimum Gasteiger partial charge on any atom is -0.493 e. The number of amides is 1. The molecule has 2 rings (SSSR count). The highest BCUT2D eigenvalue weighted by atomic mass is 16.5. The van der Waals surface area contributed by atoms with Gasteiger partial charge < -0.3 is 24.3 Å². The number of rotatable bonds is 11. The van der Waals surface area contributed by atoms with E-state index in [4.69, 9.17) is 18.9 Å². The molecule has 0 bridgehead atoms. The molecule has 1 aliphatic rings. The number of hydrogen-bond acceptors (Lipinski definition) is 6. The molecule has 0 spiro atoms. The SMILES string of the molecule is CCC(CC)C(CNC(=O)Cc1ccc(OC)c(OC)c1OC)N1CCOCC1. The van der Waals surface area contributed by atoms with Crippen LogP contribution in [0.4, 0.5) is 0 Å². The summed E-state index contributed by atoms with van der Waals surface area (Å²) < 4.78 is 21.7. The summed E-state index contributed by atoms with van der Waals surface area (Å²) in [6.45, 7) is 8.43. The third kappa shape index (κ3) is 6.00. The lowest BCUT2D eigenvalue weighted by Gasteiger charge is -2.38.